The van der Waals surface area contributed by atoms with Crippen molar-refractivity contribution >= 4 is 0 Å². The van der Waals surface area contributed by atoms with Crippen molar-refractivity contribution in [3.05, 3.63) is 179 Å². The van der Waals surface area contributed by atoms with Crippen molar-refractivity contribution < 1.29 is 28.4 Å². The molecule has 6 heteroatoms. The lowest BCUT2D eigenvalue weighted by atomic mass is 9.61. The van der Waals surface area contributed by atoms with Gasteiger partial charge in [0.15, 0.2) is 0 Å². The molecule has 0 N–H and O–H groups in total. The molecule has 1 heterocycles. The van der Waals surface area contributed by atoms with Gasteiger partial charge >= 0.3 is 0 Å². The summed E-state index contributed by atoms with van der Waals surface area (Å²) in [4.78, 5) is 0. The molecular weight excluding hydrogens is 649 g/mol. The third kappa shape index (κ3) is 8.56. The maximum Gasteiger partial charge on any atom is 0.113 e. The number of hydrogen-bond donors (Lipinski definition) is 0. The van der Waals surface area contributed by atoms with Crippen LogP contribution in [0.3, 0.4) is 0 Å². The molecule has 0 radical (unpaired) electrons. The van der Waals surface area contributed by atoms with Crippen LogP contribution in [0.2, 0.25) is 0 Å². The summed E-state index contributed by atoms with van der Waals surface area (Å²) < 4.78 is 41.3. The molecule has 2 aliphatic carbocycles. The third-order valence-corrected chi connectivity index (χ3v) is 10.8. The van der Waals surface area contributed by atoms with E-state index >= 15 is 0 Å². The van der Waals surface area contributed by atoms with Crippen LogP contribution in [0.5, 0.6) is 0 Å². The molecule has 2 saturated carbocycles. The zero-order valence-corrected chi connectivity index (χ0v) is 29.5. The summed E-state index contributed by atoms with van der Waals surface area (Å²) in [6.07, 6.45) is -0.263. The van der Waals surface area contributed by atoms with Crippen LogP contribution in [0, 0.1) is 17.8 Å². The second-order valence-corrected chi connectivity index (χ2v) is 14.3. The molecule has 0 spiro atoms. The first kappa shape index (κ1) is 34.9. The third-order valence-electron chi connectivity index (χ3n) is 10.8. The zero-order chi connectivity index (χ0) is 35.0. The average molecular weight is 697 g/mol. The second-order valence-electron chi connectivity index (χ2n) is 14.3. The van der Waals surface area contributed by atoms with Crippen molar-refractivity contribution in [2.75, 3.05) is 6.61 Å². The van der Waals surface area contributed by atoms with E-state index in [1.165, 1.54) is 5.56 Å². The van der Waals surface area contributed by atoms with Gasteiger partial charge in [-0.15, -0.1) is 0 Å². The first-order chi connectivity index (χ1) is 25.8. The maximum atomic E-state index is 7.12. The predicted molar refractivity (Wildman–Crippen MR) is 200 cm³/mol. The molecule has 5 aromatic carbocycles. The van der Waals surface area contributed by atoms with Crippen LogP contribution in [0.4, 0.5) is 0 Å². The van der Waals surface area contributed by atoms with Gasteiger partial charge < -0.3 is 28.4 Å². The Hall–Kier alpha value is -4.14. The van der Waals surface area contributed by atoms with E-state index in [2.05, 4.69) is 121 Å². The van der Waals surface area contributed by atoms with Crippen molar-refractivity contribution in [3.63, 3.8) is 0 Å². The van der Waals surface area contributed by atoms with E-state index in [9.17, 15) is 0 Å². The van der Waals surface area contributed by atoms with Crippen molar-refractivity contribution in [1.82, 2.24) is 0 Å². The highest BCUT2D eigenvalue weighted by Crippen LogP contribution is 2.55. The van der Waals surface area contributed by atoms with Gasteiger partial charge in [-0.05, 0) is 40.2 Å². The summed E-state index contributed by atoms with van der Waals surface area (Å²) in [5.41, 5.74) is 5.62. The van der Waals surface area contributed by atoms with Gasteiger partial charge in [-0.1, -0.05) is 152 Å². The van der Waals surface area contributed by atoms with Gasteiger partial charge in [-0.3, -0.25) is 0 Å². The van der Waals surface area contributed by atoms with Crippen LogP contribution in [0.25, 0.3) is 0 Å². The highest BCUT2D eigenvalue weighted by atomic mass is 16.6. The number of epoxide rings is 1. The monoisotopic (exact) mass is 696 g/mol. The van der Waals surface area contributed by atoms with E-state index in [0.717, 1.165) is 28.7 Å². The Morgan fingerprint density at radius 2 is 0.750 bits per heavy atom. The lowest BCUT2D eigenvalue weighted by Crippen LogP contribution is -2.65. The van der Waals surface area contributed by atoms with E-state index in [1.807, 2.05) is 30.3 Å². The van der Waals surface area contributed by atoms with Gasteiger partial charge in [0.05, 0.1) is 64.1 Å². The van der Waals surface area contributed by atoms with Crippen LogP contribution < -0.4 is 0 Å². The Bertz CT molecular complexity index is 1770. The van der Waals surface area contributed by atoms with E-state index in [-0.39, 0.29) is 42.2 Å². The SMILES string of the molecule is c1ccc(COC[C@H]2C[C@@H]3O[C@@H]3[C@@H]3[C@@H](OCc4ccccc4)[C@H](OCc4ccccc4)[C@@H](OCc4ccccc4)[C@H](OCc4ccccc4)[C@H]23)cc1. The molecule has 9 atom stereocenters. The molecule has 5 aromatic rings. The van der Waals surface area contributed by atoms with E-state index in [0.29, 0.717) is 39.6 Å². The normalized spacial score (nSPS) is 27.7. The van der Waals surface area contributed by atoms with E-state index < -0.39 is 12.2 Å². The predicted octanol–water partition coefficient (Wildman–Crippen LogP) is 8.58. The van der Waals surface area contributed by atoms with E-state index in [4.69, 9.17) is 28.4 Å². The average Bonchev–Trinajstić information content (AvgIpc) is 3.99. The summed E-state index contributed by atoms with van der Waals surface area (Å²) in [7, 11) is 0. The minimum atomic E-state index is -0.415. The second kappa shape index (κ2) is 17.1. The van der Waals surface area contributed by atoms with Crippen LogP contribution >= 0.6 is 0 Å². The van der Waals surface area contributed by atoms with Gasteiger partial charge in [-0.25, -0.2) is 0 Å². The standard InChI is InChI=1S/C46H48O6/c1-6-16-33(17-7-1)27-47-32-38-26-39-42(52-39)41-40(38)43(48-28-34-18-8-2-9-19-34)45(50-30-36-22-12-4-13-23-36)46(51-31-37-24-14-5-15-25-37)44(41)49-29-35-20-10-3-11-21-35/h1-25,38-46H,26-32H2/t38-,39+,40-,41-,42+,43-,44-,45+,46+/m1/s1. The number of benzene rings is 5. The smallest absolute Gasteiger partial charge is 0.113 e. The van der Waals surface area contributed by atoms with Crippen LogP contribution in [0.1, 0.15) is 34.2 Å². The number of hydrogen-bond acceptors (Lipinski definition) is 6. The fourth-order valence-electron chi connectivity index (χ4n) is 8.32. The van der Waals surface area contributed by atoms with Gasteiger partial charge in [0, 0.05) is 11.8 Å². The Morgan fingerprint density at radius 3 is 1.15 bits per heavy atom. The molecule has 0 bridgehead atoms. The van der Waals surface area contributed by atoms with Gasteiger partial charge in [-0.2, -0.15) is 0 Å². The molecular formula is C46H48O6. The van der Waals surface area contributed by atoms with Crippen LogP contribution in [-0.4, -0.2) is 43.2 Å². The molecule has 0 aromatic heterocycles. The largest absolute Gasteiger partial charge is 0.376 e. The van der Waals surface area contributed by atoms with Crippen molar-refractivity contribution in [2.45, 2.75) is 76.1 Å². The summed E-state index contributed by atoms with van der Waals surface area (Å²) in [6, 6.07) is 51.9. The highest BCUT2D eigenvalue weighted by molar-refractivity contribution is 5.20. The molecule has 0 unspecified atom stereocenters. The lowest BCUT2D eigenvalue weighted by molar-refractivity contribution is -0.261. The molecule has 8 rings (SSSR count). The Labute approximate surface area is 307 Å². The van der Waals surface area contributed by atoms with Gasteiger partial charge in [0.2, 0.25) is 0 Å². The number of ether oxygens (including phenoxy) is 6. The number of fused-ring (bicyclic) bond motifs is 3. The molecule has 3 fully saturated rings. The fraction of sp³-hybridized carbons (Fsp3) is 0.348. The molecule has 52 heavy (non-hydrogen) atoms. The summed E-state index contributed by atoms with van der Waals surface area (Å²) >= 11 is 0. The first-order valence-electron chi connectivity index (χ1n) is 18.7. The van der Waals surface area contributed by atoms with Gasteiger partial charge in [0.25, 0.3) is 0 Å². The molecule has 1 aliphatic heterocycles. The Kier molecular flexibility index (Phi) is 11.5. The summed E-state index contributed by atoms with van der Waals surface area (Å²) in [6.45, 7) is 2.95. The highest BCUT2D eigenvalue weighted by Gasteiger charge is 2.66. The lowest BCUT2D eigenvalue weighted by Gasteiger charge is -2.53. The van der Waals surface area contributed by atoms with Crippen molar-refractivity contribution in [2.24, 2.45) is 17.8 Å². The number of rotatable bonds is 16. The van der Waals surface area contributed by atoms with Crippen LogP contribution in [-0.2, 0) is 61.5 Å². The topological polar surface area (TPSA) is 58.7 Å². The quantitative estimate of drug-likeness (QED) is 0.0964. The summed E-state index contributed by atoms with van der Waals surface area (Å²) in [5, 5.41) is 0. The van der Waals surface area contributed by atoms with E-state index in [1.54, 1.807) is 0 Å². The molecule has 0 amide bonds. The zero-order valence-electron chi connectivity index (χ0n) is 29.5. The van der Waals surface area contributed by atoms with Crippen molar-refractivity contribution in [1.29, 1.82) is 0 Å². The van der Waals surface area contributed by atoms with Crippen molar-refractivity contribution in [3.8, 4) is 0 Å². The fourth-order valence-corrected chi connectivity index (χ4v) is 8.32. The molecule has 1 saturated heterocycles. The molecule has 6 nitrogen and oxygen atoms in total. The Balaban J connectivity index is 1.16. The minimum Gasteiger partial charge on any atom is -0.376 e. The maximum absolute atomic E-state index is 7.12. The Morgan fingerprint density at radius 1 is 0.404 bits per heavy atom. The van der Waals surface area contributed by atoms with Gasteiger partial charge in [0.1, 0.15) is 12.2 Å². The molecule has 3 aliphatic rings. The molecule has 268 valence electrons. The minimum absolute atomic E-state index is 0.0332. The van der Waals surface area contributed by atoms with Crippen LogP contribution in [0.15, 0.2) is 152 Å². The first-order valence-corrected chi connectivity index (χ1v) is 18.7. The summed E-state index contributed by atoms with van der Waals surface area (Å²) in [5.74, 6) is 0.270.